The number of carbonyl (C=O) groups excluding carboxylic acids is 1. The predicted octanol–water partition coefficient (Wildman–Crippen LogP) is 4.44. The standard InChI is InChI=1S/C20H18ClN3O2S/c1-11-7-12(2)18-16(8-11)17(23-26)20(25)24(18)9-15-10-27-19(22-15)13-3-5-14(21)6-4-13/h3-5,7-8,10,14,26H,6,9H2,1-2H3/b23-17-. The van der Waals surface area contributed by atoms with Crippen LogP contribution in [0.3, 0.4) is 0 Å². The van der Waals surface area contributed by atoms with Crippen LogP contribution in [0, 0.1) is 13.8 Å². The van der Waals surface area contributed by atoms with Crippen LogP contribution < -0.4 is 4.90 Å². The summed E-state index contributed by atoms with van der Waals surface area (Å²) < 4.78 is 0. The van der Waals surface area contributed by atoms with Crippen molar-refractivity contribution in [3.8, 4) is 0 Å². The molecule has 0 fully saturated rings. The summed E-state index contributed by atoms with van der Waals surface area (Å²) in [5.41, 5.74) is 5.39. The van der Waals surface area contributed by atoms with Crippen molar-refractivity contribution in [2.24, 2.45) is 5.16 Å². The molecule has 2 heterocycles. The number of allylic oxidation sites excluding steroid dienone is 4. The molecule has 7 heteroatoms. The van der Waals surface area contributed by atoms with Crippen molar-refractivity contribution < 1.29 is 10.0 Å². The molecule has 27 heavy (non-hydrogen) atoms. The monoisotopic (exact) mass is 399 g/mol. The lowest BCUT2D eigenvalue weighted by Gasteiger charge is -2.18. The predicted molar refractivity (Wildman–Crippen MR) is 109 cm³/mol. The first-order valence-corrected chi connectivity index (χ1v) is 9.92. The third-order valence-electron chi connectivity index (χ3n) is 4.68. The molecule has 1 aromatic carbocycles. The number of hydrogen-bond donors (Lipinski definition) is 1. The molecule has 1 N–H and O–H groups in total. The number of anilines is 1. The maximum atomic E-state index is 12.8. The normalized spacial score (nSPS) is 20.3. The van der Waals surface area contributed by atoms with E-state index in [2.05, 4.69) is 16.2 Å². The van der Waals surface area contributed by atoms with Crippen molar-refractivity contribution in [3.63, 3.8) is 0 Å². The highest BCUT2D eigenvalue weighted by Crippen LogP contribution is 2.35. The Labute approximate surface area is 166 Å². The van der Waals surface area contributed by atoms with Gasteiger partial charge in [-0.2, -0.15) is 0 Å². The Balaban J connectivity index is 1.65. The van der Waals surface area contributed by atoms with Crippen molar-refractivity contribution in [2.45, 2.75) is 32.2 Å². The Hall–Kier alpha value is -2.44. The van der Waals surface area contributed by atoms with Gasteiger partial charge in [-0.05, 0) is 31.9 Å². The molecule has 4 rings (SSSR count). The van der Waals surface area contributed by atoms with Crippen LogP contribution in [0.15, 0.2) is 40.9 Å². The molecule has 0 radical (unpaired) electrons. The molecule has 0 bridgehead atoms. The van der Waals surface area contributed by atoms with Gasteiger partial charge in [0.05, 0.1) is 23.3 Å². The molecule has 1 unspecified atom stereocenters. The molecular weight excluding hydrogens is 382 g/mol. The zero-order valence-corrected chi connectivity index (χ0v) is 16.5. The summed E-state index contributed by atoms with van der Waals surface area (Å²) in [5, 5.41) is 15.5. The highest BCUT2D eigenvalue weighted by Gasteiger charge is 2.36. The topological polar surface area (TPSA) is 65.8 Å². The van der Waals surface area contributed by atoms with Crippen molar-refractivity contribution in [2.75, 3.05) is 4.90 Å². The summed E-state index contributed by atoms with van der Waals surface area (Å²) in [5.74, 6) is -0.308. The molecule has 1 atom stereocenters. The number of hydrogen-bond acceptors (Lipinski definition) is 5. The first-order valence-electron chi connectivity index (χ1n) is 8.60. The number of oxime groups is 1. The van der Waals surface area contributed by atoms with E-state index in [1.807, 2.05) is 43.5 Å². The van der Waals surface area contributed by atoms with Crippen molar-refractivity contribution in [3.05, 3.63) is 63.1 Å². The first kappa shape index (κ1) is 17.9. The first-order chi connectivity index (χ1) is 13.0. The van der Waals surface area contributed by atoms with E-state index in [4.69, 9.17) is 11.6 Å². The Bertz CT molecular complexity index is 1020. The minimum Gasteiger partial charge on any atom is -0.410 e. The van der Waals surface area contributed by atoms with Gasteiger partial charge >= 0.3 is 0 Å². The second-order valence-electron chi connectivity index (χ2n) is 6.73. The van der Waals surface area contributed by atoms with Gasteiger partial charge in [-0.1, -0.05) is 35.0 Å². The smallest absolute Gasteiger partial charge is 0.281 e. The van der Waals surface area contributed by atoms with E-state index >= 15 is 0 Å². The molecule has 1 aliphatic heterocycles. The summed E-state index contributed by atoms with van der Waals surface area (Å²) in [7, 11) is 0. The van der Waals surface area contributed by atoms with Gasteiger partial charge in [0.15, 0.2) is 5.71 Å². The second-order valence-corrected chi connectivity index (χ2v) is 8.15. The molecule has 2 aromatic rings. The van der Waals surface area contributed by atoms with Crippen LogP contribution in [0.25, 0.3) is 5.57 Å². The largest absolute Gasteiger partial charge is 0.410 e. The van der Waals surface area contributed by atoms with E-state index in [1.54, 1.807) is 16.2 Å². The van der Waals surface area contributed by atoms with Gasteiger partial charge in [-0.3, -0.25) is 9.69 Å². The fourth-order valence-electron chi connectivity index (χ4n) is 3.52. The number of alkyl halides is 1. The maximum absolute atomic E-state index is 12.8. The summed E-state index contributed by atoms with van der Waals surface area (Å²) in [6.07, 6.45) is 6.83. The third-order valence-corrected chi connectivity index (χ3v) is 5.95. The number of aryl methyl sites for hydroxylation is 2. The van der Waals surface area contributed by atoms with Crippen LogP contribution in [-0.4, -0.2) is 27.2 Å². The Kier molecular flexibility index (Phi) is 4.61. The Morgan fingerprint density at radius 2 is 2.22 bits per heavy atom. The van der Waals surface area contributed by atoms with E-state index in [0.717, 1.165) is 39.5 Å². The molecule has 5 nitrogen and oxygen atoms in total. The lowest BCUT2D eigenvalue weighted by Crippen LogP contribution is -2.30. The van der Waals surface area contributed by atoms with Crippen LogP contribution in [-0.2, 0) is 11.3 Å². The summed E-state index contributed by atoms with van der Waals surface area (Å²) in [4.78, 5) is 19.1. The highest BCUT2D eigenvalue weighted by molar-refractivity contribution is 7.10. The van der Waals surface area contributed by atoms with Crippen LogP contribution in [0.4, 0.5) is 5.69 Å². The van der Waals surface area contributed by atoms with Gasteiger partial charge < -0.3 is 5.21 Å². The average Bonchev–Trinajstić information content (AvgIpc) is 3.19. The van der Waals surface area contributed by atoms with Gasteiger partial charge in [-0.15, -0.1) is 22.9 Å². The Morgan fingerprint density at radius 3 is 2.93 bits per heavy atom. The fraction of sp³-hybridized carbons (Fsp3) is 0.250. The third kappa shape index (κ3) is 3.19. The van der Waals surface area contributed by atoms with E-state index in [9.17, 15) is 10.0 Å². The second kappa shape index (κ2) is 6.94. The fourth-order valence-corrected chi connectivity index (χ4v) is 4.51. The van der Waals surface area contributed by atoms with Crippen LogP contribution in [0.2, 0.25) is 0 Å². The minimum atomic E-state index is -0.308. The average molecular weight is 400 g/mol. The number of thiazole rings is 1. The number of nitrogens with zero attached hydrogens (tertiary/aromatic N) is 3. The zero-order chi connectivity index (χ0) is 19.1. The molecular formula is C20H18ClN3O2S. The number of rotatable bonds is 3. The molecule has 0 saturated carbocycles. The highest BCUT2D eigenvalue weighted by atomic mass is 35.5. The Morgan fingerprint density at radius 1 is 1.41 bits per heavy atom. The van der Waals surface area contributed by atoms with Crippen LogP contribution >= 0.6 is 22.9 Å². The number of halogens is 1. The van der Waals surface area contributed by atoms with E-state index in [1.165, 1.54) is 0 Å². The number of amides is 1. The van der Waals surface area contributed by atoms with Crippen molar-refractivity contribution in [1.82, 2.24) is 4.98 Å². The van der Waals surface area contributed by atoms with E-state index in [0.29, 0.717) is 12.1 Å². The number of benzene rings is 1. The molecule has 1 aliphatic carbocycles. The van der Waals surface area contributed by atoms with Gasteiger partial charge in [-0.25, -0.2) is 4.98 Å². The summed E-state index contributed by atoms with van der Waals surface area (Å²) >= 11 is 7.63. The molecule has 0 saturated heterocycles. The SMILES string of the molecule is Cc1cc(C)c2c(c1)/C(=N/O)C(=O)N2Cc1csc(C2=CCC(Cl)C=C2)n1. The van der Waals surface area contributed by atoms with Crippen molar-refractivity contribution in [1.29, 1.82) is 0 Å². The lowest BCUT2D eigenvalue weighted by molar-refractivity contribution is -0.112. The number of fused-ring (bicyclic) bond motifs is 1. The summed E-state index contributed by atoms with van der Waals surface area (Å²) in [6.45, 7) is 4.25. The minimum absolute atomic E-state index is 0.0366. The molecule has 2 aliphatic rings. The van der Waals surface area contributed by atoms with Crippen molar-refractivity contribution >= 4 is 45.8 Å². The maximum Gasteiger partial charge on any atom is 0.281 e. The number of carbonyl (C=O) groups is 1. The number of aromatic nitrogens is 1. The quantitative estimate of drug-likeness (QED) is 0.471. The van der Waals surface area contributed by atoms with E-state index < -0.39 is 0 Å². The molecule has 1 amide bonds. The van der Waals surface area contributed by atoms with Gasteiger partial charge in [0.25, 0.3) is 5.91 Å². The van der Waals surface area contributed by atoms with Crippen LogP contribution in [0.5, 0.6) is 0 Å². The summed E-state index contributed by atoms with van der Waals surface area (Å²) in [6, 6.07) is 3.90. The van der Waals surface area contributed by atoms with Crippen LogP contribution in [0.1, 0.15) is 33.8 Å². The zero-order valence-electron chi connectivity index (χ0n) is 14.9. The van der Waals surface area contributed by atoms with Gasteiger partial charge in [0, 0.05) is 16.5 Å². The molecule has 0 spiro atoms. The molecule has 1 aromatic heterocycles. The van der Waals surface area contributed by atoms with Gasteiger partial charge in [0.1, 0.15) is 5.01 Å². The van der Waals surface area contributed by atoms with E-state index in [-0.39, 0.29) is 17.0 Å². The lowest BCUT2D eigenvalue weighted by atomic mass is 10.0. The van der Waals surface area contributed by atoms with Gasteiger partial charge in [0.2, 0.25) is 0 Å². The molecule has 138 valence electrons.